The van der Waals surface area contributed by atoms with Gasteiger partial charge in [-0.15, -0.1) is 0 Å². The molecular weight excluding hydrogens is 228 g/mol. The van der Waals surface area contributed by atoms with Gasteiger partial charge in [-0.05, 0) is 5.56 Å². The summed E-state index contributed by atoms with van der Waals surface area (Å²) in [5, 5.41) is 0.991. The summed E-state index contributed by atoms with van der Waals surface area (Å²) >= 11 is 0. The summed E-state index contributed by atoms with van der Waals surface area (Å²) in [7, 11) is -1.58. The molecule has 2 rings (SSSR count). The van der Waals surface area contributed by atoms with Gasteiger partial charge in [0.2, 0.25) is 0 Å². The Bertz CT molecular complexity index is 521. The van der Waals surface area contributed by atoms with Crippen molar-refractivity contribution in [3.63, 3.8) is 0 Å². The SMILES string of the molecule is C[Si](C)(C)c1occ(C=O)c1-c1ccccc1. The average molecular weight is 244 g/mol. The van der Waals surface area contributed by atoms with Gasteiger partial charge in [-0.1, -0.05) is 50.0 Å². The van der Waals surface area contributed by atoms with Crippen LogP contribution in [-0.2, 0) is 0 Å². The van der Waals surface area contributed by atoms with E-state index in [1.165, 1.54) is 0 Å². The lowest BCUT2D eigenvalue weighted by molar-refractivity contribution is 0.112. The molecule has 0 radical (unpaired) electrons. The van der Waals surface area contributed by atoms with Crippen LogP contribution in [0.15, 0.2) is 41.0 Å². The van der Waals surface area contributed by atoms with E-state index in [1.54, 1.807) is 6.26 Å². The third kappa shape index (κ3) is 2.24. The van der Waals surface area contributed by atoms with E-state index in [0.717, 1.165) is 22.8 Å². The number of furan rings is 1. The van der Waals surface area contributed by atoms with Gasteiger partial charge in [0, 0.05) is 5.56 Å². The van der Waals surface area contributed by atoms with Crippen LogP contribution >= 0.6 is 0 Å². The highest BCUT2D eigenvalue weighted by molar-refractivity contribution is 6.88. The van der Waals surface area contributed by atoms with Gasteiger partial charge >= 0.3 is 0 Å². The molecule has 0 atom stereocenters. The first-order chi connectivity index (χ1) is 8.04. The number of rotatable bonds is 3. The largest absolute Gasteiger partial charge is 0.473 e. The highest BCUT2D eigenvalue weighted by atomic mass is 28.3. The van der Waals surface area contributed by atoms with E-state index in [4.69, 9.17) is 4.42 Å². The van der Waals surface area contributed by atoms with E-state index in [2.05, 4.69) is 19.6 Å². The molecule has 0 bridgehead atoms. The van der Waals surface area contributed by atoms with Gasteiger partial charge in [-0.2, -0.15) is 0 Å². The fourth-order valence-corrected chi connectivity index (χ4v) is 3.36. The summed E-state index contributed by atoms with van der Waals surface area (Å²) in [6.07, 6.45) is 2.44. The third-order valence-corrected chi connectivity index (χ3v) is 4.42. The number of carbonyl (C=O) groups excluding carboxylic acids is 1. The van der Waals surface area contributed by atoms with E-state index in [9.17, 15) is 4.79 Å². The van der Waals surface area contributed by atoms with E-state index in [-0.39, 0.29) is 0 Å². The summed E-state index contributed by atoms with van der Waals surface area (Å²) in [6.45, 7) is 6.65. The van der Waals surface area contributed by atoms with Crippen LogP contribution in [0.25, 0.3) is 11.1 Å². The maximum atomic E-state index is 11.1. The molecule has 0 aliphatic heterocycles. The van der Waals surface area contributed by atoms with Crippen molar-refractivity contribution in [1.29, 1.82) is 0 Å². The van der Waals surface area contributed by atoms with Crippen molar-refractivity contribution >= 4 is 19.7 Å². The highest BCUT2D eigenvalue weighted by Gasteiger charge is 2.27. The molecule has 0 spiro atoms. The molecule has 0 aliphatic rings. The van der Waals surface area contributed by atoms with Crippen LogP contribution in [0.4, 0.5) is 0 Å². The van der Waals surface area contributed by atoms with Gasteiger partial charge < -0.3 is 4.42 Å². The molecule has 3 heteroatoms. The lowest BCUT2D eigenvalue weighted by Crippen LogP contribution is -2.37. The van der Waals surface area contributed by atoms with Crippen molar-refractivity contribution < 1.29 is 9.21 Å². The molecule has 0 fully saturated rings. The zero-order valence-electron chi connectivity index (χ0n) is 10.4. The maximum absolute atomic E-state index is 11.1. The summed E-state index contributed by atoms with van der Waals surface area (Å²) in [5.41, 5.74) is 2.68. The standard InChI is InChI=1S/C14H16O2Si/c1-17(2,3)14-13(12(9-15)10-16-14)11-7-5-4-6-8-11/h4-10H,1-3H3. The quantitative estimate of drug-likeness (QED) is 0.612. The molecule has 1 aromatic carbocycles. The molecule has 2 aromatic rings. The lowest BCUT2D eigenvalue weighted by Gasteiger charge is -2.15. The highest BCUT2D eigenvalue weighted by Crippen LogP contribution is 2.24. The van der Waals surface area contributed by atoms with Crippen molar-refractivity contribution in [3.05, 3.63) is 42.2 Å². The molecule has 0 N–H and O–H groups in total. The summed E-state index contributed by atoms with van der Waals surface area (Å²) in [6, 6.07) is 9.96. The fourth-order valence-electron chi connectivity index (χ4n) is 1.91. The Hall–Kier alpha value is -1.61. The van der Waals surface area contributed by atoms with Crippen molar-refractivity contribution in [2.45, 2.75) is 19.6 Å². The van der Waals surface area contributed by atoms with Crippen LogP contribution in [0.5, 0.6) is 0 Å². The molecule has 88 valence electrons. The maximum Gasteiger partial charge on any atom is 0.153 e. The summed E-state index contributed by atoms with van der Waals surface area (Å²) in [5.74, 6) is 0. The number of hydrogen-bond acceptors (Lipinski definition) is 2. The first kappa shape index (κ1) is 11.9. The van der Waals surface area contributed by atoms with Crippen LogP contribution in [0, 0.1) is 0 Å². The minimum absolute atomic E-state index is 0.647. The first-order valence-electron chi connectivity index (χ1n) is 5.66. The predicted molar refractivity (Wildman–Crippen MR) is 72.5 cm³/mol. The number of carbonyl (C=O) groups is 1. The molecule has 2 nitrogen and oxygen atoms in total. The van der Waals surface area contributed by atoms with Gasteiger partial charge in [0.15, 0.2) is 6.29 Å². The molecule has 17 heavy (non-hydrogen) atoms. The lowest BCUT2D eigenvalue weighted by atomic mass is 10.1. The van der Waals surface area contributed by atoms with Crippen LogP contribution in [0.2, 0.25) is 19.6 Å². The van der Waals surface area contributed by atoms with Crippen molar-refractivity contribution in [2.24, 2.45) is 0 Å². The number of benzene rings is 1. The molecule has 0 saturated heterocycles. The van der Waals surface area contributed by atoms with E-state index < -0.39 is 8.07 Å². The van der Waals surface area contributed by atoms with Gasteiger partial charge in [0.1, 0.15) is 14.3 Å². The number of aldehydes is 1. The van der Waals surface area contributed by atoms with Crippen molar-refractivity contribution in [1.82, 2.24) is 0 Å². The van der Waals surface area contributed by atoms with Crippen LogP contribution in [0.3, 0.4) is 0 Å². The van der Waals surface area contributed by atoms with Crippen molar-refractivity contribution in [2.75, 3.05) is 0 Å². The van der Waals surface area contributed by atoms with Crippen LogP contribution in [0.1, 0.15) is 10.4 Å². The monoisotopic (exact) mass is 244 g/mol. The Morgan fingerprint density at radius 1 is 1.12 bits per heavy atom. The van der Waals surface area contributed by atoms with E-state index in [1.807, 2.05) is 30.3 Å². The number of hydrogen-bond donors (Lipinski definition) is 0. The van der Waals surface area contributed by atoms with Gasteiger partial charge in [0.25, 0.3) is 0 Å². The Kier molecular flexibility index (Phi) is 3.02. The molecule has 0 unspecified atom stereocenters. The minimum atomic E-state index is -1.58. The summed E-state index contributed by atoms with van der Waals surface area (Å²) < 4.78 is 5.64. The Balaban J connectivity index is 2.66. The van der Waals surface area contributed by atoms with Crippen LogP contribution in [-0.4, -0.2) is 14.4 Å². The molecule has 0 saturated carbocycles. The predicted octanol–water partition coefficient (Wildman–Crippen LogP) is 3.30. The molecule has 0 amide bonds. The fraction of sp³-hybridized carbons (Fsp3) is 0.214. The second-order valence-corrected chi connectivity index (χ2v) is 10.1. The molecule has 0 aliphatic carbocycles. The van der Waals surface area contributed by atoms with Crippen LogP contribution < -0.4 is 5.38 Å². The molecule has 1 heterocycles. The van der Waals surface area contributed by atoms with Crippen molar-refractivity contribution in [3.8, 4) is 11.1 Å². The first-order valence-corrected chi connectivity index (χ1v) is 9.16. The van der Waals surface area contributed by atoms with Gasteiger partial charge in [0.05, 0.1) is 10.9 Å². The van der Waals surface area contributed by atoms with E-state index in [0.29, 0.717) is 5.56 Å². The Morgan fingerprint density at radius 3 is 2.29 bits per heavy atom. The second-order valence-electron chi connectivity index (χ2n) is 5.13. The average Bonchev–Trinajstić information content (AvgIpc) is 2.73. The summed E-state index contributed by atoms with van der Waals surface area (Å²) in [4.78, 5) is 11.1. The molecule has 1 aromatic heterocycles. The third-order valence-electron chi connectivity index (χ3n) is 2.69. The normalized spacial score (nSPS) is 11.5. The zero-order chi connectivity index (χ0) is 12.5. The second kappa shape index (κ2) is 4.34. The zero-order valence-corrected chi connectivity index (χ0v) is 11.4. The minimum Gasteiger partial charge on any atom is -0.473 e. The van der Waals surface area contributed by atoms with Gasteiger partial charge in [-0.3, -0.25) is 4.79 Å². The molecular formula is C14H16O2Si. The van der Waals surface area contributed by atoms with E-state index >= 15 is 0 Å². The Morgan fingerprint density at radius 2 is 1.76 bits per heavy atom. The Labute approximate surface area is 102 Å². The van der Waals surface area contributed by atoms with Gasteiger partial charge in [-0.25, -0.2) is 0 Å². The smallest absolute Gasteiger partial charge is 0.153 e. The topological polar surface area (TPSA) is 30.2 Å².